The molecule has 4 heterocycles. The first-order valence-electron chi connectivity index (χ1n) is 12.2. The lowest BCUT2D eigenvalue weighted by atomic mass is 9.68. The molecular formula is C26H26F4N4O2. The molecule has 0 unspecified atom stereocenters. The van der Waals surface area contributed by atoms with Crippen LogP contribution in [0.5, 0.6) is 5.75 Å². The van der Waals surface area contributed by atoms with Crippen LogP contribution in [0.3, 0.4) is 0 Å². The Morgan fingerprint density at radius 3 is 2.50 bits per heavy atom. The highest BCUT2D eigenvalue weighted by molar-refractivity contribution is 5.94. The third kappa shape index (κ3) is 4.11. The monoisotopic (exact) mass is 502 g/mol. The van der Waals surface area contributed by atoms with Crippen LogP contribution in [0.1, 0.15) is 52.4 Å². The normalized spacial score (nSPS) is 19.8. The lowest BCUT2D eigenvalue weighted by Crippen LogP contribution is -2.56. The number of carbonyl (C=O) groups excluding carboxylic acids is 1. The molecule has 6 nitrogen and oxygen atoms in total. The molecule has 6 rings (SSSR count). The molecule has 0 radical (unpaired) electrons. The first-order chi connectivity index (χ1) is 17.2. The van der Waals surface area contributed by atoms with Crippen molar-refractivity contribution < 1.29 is 27.1 Å². The van der Waals surface area contributed by atoms with Crippen molar-refractivity contribution in [1.29, 1.82) is 0 Å². The second-order valence-electron chi connectivity index (χ2n) is 10.2. The number of aryl methyl sites for hydroxylation is 1. The van der Waals surface area contributed by atoms with Crippen molar-refractivity contribution in [2.24, 2.45) is 5.41 Å². The van der Waals surface area contributed by atoms with Gasteiger partial charge in [-0.2, -0.15) is 0 Å². The van der Waals surface area contributed by atoms with Crippen LogP contribution in [0, 0.1) is 11.2 Å². The van der Waals surface area contributed by atoms with Crippen molar-refractivity contribution in [2.75, 3.05) is 26.2 Å². The van der Waals surface area contributed by atoms with Crippen molar-refractivity contribution in [2.45, 2.75) is 44.4 Å². The van der Waals surface area contributed by atoms with Gasteiger partial charge in [-0.25, -0.2) is 9.37 Å². The summed E-state index contributed by atoms with van der Waals surface area (Å²) in [6.07, 6.45) is 0.680. The number of halogens is 4. The summed E-state index contributed by atoms with van der Waals surface area (Å²) in [5, 5.41) is 4.30. The van der Waals surface area contributed by atoms with E-state index in [1.54, 1.807) is 4.90 Å². The number of nitrogens with zero attached hydrogens (tertiary/aromatic N) is 2. The number of likely N-dealkylation sites (tertiary alicyclic amines) is 1. The number of aromatic nitrogens is 2. The van der Waals surface area contributed by atoms with E-state index in [9.17, 15) is 18.0 Å². The second-order valence-corrected chi connectivity index (χ2v) is 10.2. The topological polar surface area (TPSA) is 70.2 Å². The number of pyridine rings is 1. The average molecular weight is 503 g/mol. The fourth-order valence-electron chi connectivity index (χ4n) is 6.07. The molecule has 2 N–H and O–H groups in total. The van der Waals surface area contributed by atoms with E-state index < -0.39 is 6.36 Å². The Morgan fingerprint density at radius 2 is 1.86 bits per heavy atom. The molecule has 0 atom stereocenters. The Kier molecular flexibility index (Phi) is 5.47. The van der Waals surface area contributed by atoms with Crippen LogP contribution in [0.2, 0.25) is 0 Å². The van der Waals surface area contributed by atoms with Crippen molar-refractivity contribution in [3.8, 4) is 5.75 Å². The lowest BCUT2D eigenvalue weighted by Gasteiger charge is -2.45. The zero-order valence-electron chi connectivity index (χ0n) is 19.6. The summed E-state index contributed by atoms with van der Waals surface area (Å²) in [5.41, 5.74) is 4.33. The summed E-state index contributed by atoms with van der Waals surface area (Å²) < 4.78 is 56.3. The Balaban J connectivity index is 1.20. The number of rotatable bonds is 3. The highest BCUT2D eigenvalue weighted by atomic mass is 19.4. The molecule has 190 valence electrons. The molecule has 1 spiro atoms. The van der Waals surface area contributed by atoms with Gasteiger partial charge < -0.3 is 19.9 Å². The summed E-state index contributed by atoms with van der Waals surface area (Å²) in [6, 6.07) is 4.93. The van der Waals surface area contributed by atoms with Gasteiger partial charge in [0.1, 0.15) is 17.2 Å². The van der Waals surface area contributed by atoms with E-state index in [0.717, 1.165) is 61.2 Å². The van der Waals surface area contributed by atoms with E-state index in [4.69, 9.17) is 0 Å². The van der Waals surface area contributed by atoms with Crippen LogP contribution in [0.15, 0.2) is 30.5 Å². The van der Waals surface area contributed by atoms with Crippen molar-refractivity contribution in [3.63, 3.8) is 0 Å². The van der Waals surface area contributed by atoms with E-state index in [1.165, 1.54) is 23.9 Å². The standard InChI is InChI=1S/C26H26F4N4O2/c27-19-12-32-23-22(18-11-25(13-31-14-25)8-5-20(18)33-23)21(19)15-6-9-34(10-7-15)24(35)16-1-3-17(4-2-16)36-26(28,29)30/h1-4,12,15,31H,5-11,13-14H2,(H,32,33). The molecule has 2 aliphatic heterocycles. The highest BCUT2D eigenvalue weighted by Crippen LogP contribution is 2.44. The van der Waals surface area contributed by atoms with Gasteiger partial charge in [0, 0.05) is 48.4 Å². The number of carbonyl (C=O) groups is 1. The van der Waals surface area contributed by atoms with E-state index in [-0.39, 0.29) is 28.8 Å². The predicted molar refractivity (Wildman–Crippen MR) is 124 cm³/mol. The van der Waals surface area contributed by atoms with Gasteiger partial charge in [0.15, 0.2) is 0 Å². The molecule has 1 amide bonds. The van der Waals surface area contributed by atoms with Gasteiger partial charge in [0.05, 0.1) is 6.20 Å². The van der Waals surface area contributed by atoms with Gasteiger partial charge in [-0.15, -0.1) is 13.2 Å². The Morgan fingerprint density at radius 1 is 1.14 bits per heavy atom. The zero-order chi connectivity index (χ0) is 25.1. The van der Waals surface area contributed by atoms with Crippen LogP contribution in [0.4, 0.5) is 17.6 Å². The van der Waals surface area contributed by atoms with Crippen LogP contribution >= 0.6 is 0 Å². The number of hydrogen-bond acceptors (Lipinski definition) is 4. The van der Waals surface area contributed by atoms with Gasteiger partial charge in [0.25, 0.3) is 5.91 Å². The number of alkyl halides is 3. The van der Waals surface area contributed by atoms with Crippen molar-refractivity contribution in [3.05, 3.63) is 58.7 Å². The third-order valence-electron chi connectivity index (χ3n) is 7.99. The number of benzene rings is 1. The van der Waals surface area contributed by atoms with Crippen LogP contribution in [0.25, 0.3) is 11.0 Å². The van der Waals surface area contributed by atoms with Gasteiger partial charge in [0.2, 0.25) is 0 Å². The fraction of sp³-hybridized carbons (Fsp3) is 0.462. The number of aromatic amines is 1. The molecule has 10 heteroatoms. The fourth-order valence-corrected chi connectivity index (χ4v) is 6.07. The van der Waals surface area contributed by atoms with Crippen molar-refractivity contribution >= 4 is 16.9 Å². The first kappa shape index (κ1) is 23.3. The zero-order valence-corrected chi connectivity index (χ0v) is 19.6. The highest BCUT2D eigenvalue weighted by Gasteiger charge is 2.42. The minimum Gasteiger partial charge on any atom is -0.406 e. The molecule has 2 saturated heterocycles. The summed E-state index contributed by atoms with van der Waals surface area (Å²) in [7, 11) is 0. The van der Waals surface area contributed by atoms with E-state index in [2.05, 4.69) is 20.0 Å². The molecule has 1 aromatic carbocycles. The second kappa shape index (κ2) is 8.47. The van der Waals surface area contributed by atoms with E-state index >= 15 is 4.39 Å². The number of amides is 1. The smallest absolute Gasteiger partial charge is 0.406 e. The molecular weight excluding hydrogens is 476 g/mol. The van der Waals surface area contributed by atoms with Gasteiger partial charge in [-0.1, -0.05) is 0 Å². The Hall–Kier alpha value is -3.14. The van der Waals surface area contributed by atoms with Crippen LogP contribution in [-0.4, -0.2) is 53.3 Å². The molecule has 0 bridgehead atoms. The molecule has 3 aromatic rings. The molecule has 2 aromatic heterocycles. The number of nitrogens with one attached hydrogen (secondary N) is 2. The average Bonchev–Trinajstić information content (AvgIpc) is 3.20. The number of fused-ring (bicyclic) bond motifs is 3. The van der Waals surface area contributed by atoms with Gasteiger partial charge >= 0.3 is 6.36 Å². The van der Waals surface area contributed by atoms with Crippen molar-refractivity contribution in [1.82, 2.24) is 20.2 Å². The minimum absolute atomic E-state index is 0.0422. The molecule has 0 saturated carbocycles. The largest absolute Gasteiger partial charge is 0.573 e. The number of H-pyrrole nitrogens is 1. The number of ether oxygens (including phenoxy) is 1. The Bertz CT molecular complexity index is 1310. The molecule has 1 aliphatic carbocycles. The predicted octanol–water partition coefficient (Wildman–Crippen LogP) is 4.70. The summed E-state index contributed by atoms with van der Waals surface area (Å²) in [4.78, 5) is 22.4. The SMILES string of the molecule is O=C(c1ccc(OC(F)(F)F)cc1)N1CCC(c2c(F)cnc3[nH]c4c(c23)CC2(CC4)CNC2)CC1. The number of piperidine rings is 1. The third-order valence-corrected chi connectivity index (χ3v) is 7.99. The van der Waals surface area contributed by atoms with Gasteiger partial charge in [-0.05, 0) is 73.3 Å². The van der Waals surface area contributed by atoms with E-state index in [1.807, 2.05) is 0 Å². The quantitative estimate of drug-likeness (QED) is 0.510. The van der Waals surface area contributed by atoms with E-state index in [0.29, 0.717) is 37.1 Å². The first-order valence-corrected chi connectivity index (χ1v) is 12.2. The molecule has 3 aliphatic rings. The summed E-state index contributed by atoms with van der Waals surface area (Å²) in [5.74, 6) is -0.977. The summed E-state index contributed by atoms with van der Waals surface area (Å²) in [6.45, 7) is 2.85. The molecule has 2 fully saturated rings. The maximum absolute atomic E-state index is 15.3. The van der Waals surface area contributed by atoms with Gasteiger partial charge in [-0.3, -0.25) is 4.79 Å². The minimum atomic E-state index is -4.78. The lowest BCUT2D eigenvalue weighted by molar-refractivity contribution is -0.274. The summed E-state index contributed by atoms with van der Waals surface area (Å²) >= 11 is 0. The molecule has 36 heavy (non-hydrogen) atoms. The van der Waals surface area contributed by atoms with Crippen LogP contribution < -0.4 is 10.1 Å². The maximum atomic E-state index is 15.3. The number of hydrogen-bond donors (Lipinski definition) is 2. The Labute approximate surface area is 205 Å². The van der Waals surface area contributed by atoms with Crippen LogP contribution in [-0.2, 0) is 12.8 Å². The maximum Gasteiger partial charge on any atom is 0.573 e.